The Labute approximate surface area is 144 Å². The number of H-pyrrole nitrogens is 1. The third-order valence-electron chi connectivity index (χ3n) is 4.86. The summed E-state index contributed by atoms with van der Waals surface area (Å²) < 4.78 is 7.99. The van der Waals surface area contributed by atoms with E-state index in [4.69, 9.17) is 14.8 Å². The number of nitrogens with zero attached hydrogens (tertiary/aromatic N) is 4. The fourth-order valence-electron chi connectivity index (χ4n) is 3.25. The van der Waals surface area contributed by atoms with Crippen LogP contribution in [-0.2, 0) is 11.2 Å². The molecule has 0 amide bonds. The van der Waals surface area contributed by atoms with Crippen LogP contribution in [-0.4, -0.2) is 37.7 Å². The standard InChI is InChI=1S/C18H29N5O/c1-12(2)23-18(17-13(3)14(4)20-21-17)19-16(22-23)10-11-24-15-8-6-5-7-9-15/h12,15H,5-11H2,1-4H3,(H,20,21). The molecule has 2 heterocycles. The lowest BCUT2D eigenvalue weighted by Gasteiger charge is -2.21. The highest BCUT2D eigenvalue weighted by molar-refractivity contribution is 5.55. The molecule has 3 rings (SSSR count). The number of aromatic amines is 1. The Morgan fingerprint density at radius 2 is 1.96 bits per heavy atom. The van der Waals surface area contributed by atoms with Crippen molar-refractivity contribution >= 4 is 0 Å². The van der Waals surface area contributed by atoms with Crippen LogP contribution < -0.4 is 0 Å². The molecule has 0 aliphatic heterocycles. The summed E-state index contributed by atoms with van der Waals surface area (Å²) in [5.74, 6) is 1.69. The summed E-state index contributed by atoms with van der Waals surface area (Å²) in [5.41, 5.74) is 3.10. The topological polar surface area (TPSA) is 68.6 Å². The molecule has 1 aliphatic rings. The van der Waals surface area contributed by atoms with Gasteiger partial charge < -0.3 is 4.74 Å². The molecule has 0 unspecified atom stereocenters. The molecular formula is C18H29N5O. The predicted octanol–water partition coefficient (Wildman–Crippen LogP) is 3.76. The van der Waals surface area contributed by atoms with Crippen LogP contribution in [0, 0.1) is 13.8 Å². The fourth-order valence-corrected chi connectivity index (χ4v) is 3.25. The molecule has 0 spiro atoms. The molecule has 0 aromatic carbocycles. The van der Waals surface area contributed by atoms with Gasteiger partial charge in [0.15, 0.2) is 11.6 Å². The third kappa shape index (κ3) is 3.69. The Hall–Kier alpha value is -1.69. The van der Waals surface area contributed by atoms with Gasteiger partial charge >= 0.3 is 0 Å². The van der Waals surface area contributed by atoms with Gasteiger partial charge in [0.25, 0.3) is 0 Å². The van der Waals surface area contributed by atoms with Gasteiger partial charge in [-0.05, 0) is 40.5 Å². The largest absolute Gasteiger partial charge is 0.378 e. The first-order chi connectivity index (χ1) is 11.6. The number of rotatable bonds is 6. The molecule has 2 aromatic heterocycles. The minimum absolute atomic E-state index is 0.247. The summed E-state index contributed by atoms with van der Waals surface area (Å²) in [4.78, 5) is 4.75. The molecular weight excluding hydrogens is 302 g/mol. The minimum Gasteiger partial charge on any atom is -0.378 e. The van der Waals surface area contributed by atoms with Gasteiger partial charge in [-0.3, -0.25) is 5.10 Å². The zero-order chi connectivity index (χ0) is 17.1. The first kappa shape index (κ1) is 17.1. The number of hydrogen-bond acceptors (Lipinski definition) is 4. The Morgan fingerprint density at radius 3 is 2.58 bits per heavy atom. The fraction of sp³-hybridized carbons (Fsp3) is 0.722. The number of aromatic nitrogens is 5. The predicted molar refractivity (Wildman–Crippen MR) is 94.0 cm³/mol. The Morgan fingerprint density at radius 1 is 1.21 bits per heavy atom. The zero-order valence-electron chi connectivity index (χ0n) is 15.3. The van der Waals surface area contributed by atoms with Crippen LogP contribution >= 0.6 is 0 Å². The van der Waals surface area contributed by atoms with Gasteiger partial charge in [0.05, 0.1) is 12.7 Å². The van der Waals surface area contributed by atoms with E-state index < -0.39 is 0 Å². The van der Waals surface area contributed by atoms with Crippen molar-refractivity contribution in [1.29, 1.82) is 0 Å². The van der Waals surface area contributed by atoms with E-state index in [-0.39, 0.29) is 6.04 Å². The molecule has 0 radical (unpaired) electrons. The second-order valence-corrected chi connectivity index (χ2v) is 7.09. The van der Waals surface area contributed by atoms with Crippen LogP contribution in [0.5, 0.6) is 0 Å². The van der Waals surface area contributed by atoms with Crippen LogP contribution in [0.1, 0.15) is 69.1 Å². The van der Waals surface area contributed by atoms with E-state index in [9.17, 15) is 0 Å². The second kappa shape index (κ2) is 7.47. The molecule has 132 valence electrons. The summed E-state index contributed by atoms with van der Waals surface area (Å²) in [6.45, 7) is 9.04. The smallest absolute Gasteiger partial charge is 0.179 e. The van der Waals surface area contributed by atoms with Crippen molar-refractivity contribution in [2.24, 2.45) is 0 Å². The van der Waals surface area contributed by atoms with Crippen molar-refractivity contribution in [3.8, 4) is 11.5 Å². The Balaban J connectivity index is 1.70. The average Bonchev–Trinajstić information content (AvgIpc) is 3.13. The summed E-state index contributed by atoms with van der Waals surface area (Å²) in [7, 11) is 0. The van der Waals surface area contributed by atoms with E-state index in [1.165, 1.54) is 32.1 Å². The molecule has 1 N–H and O–H groups in total. The van der Waals surface area contributed by atoms with Crippen molar-refractivity contribution in [1.82, 2.24) is 25.0 Å². The molecule has 0 bridgehead atoms. The molecule has 1 fully saturated rings. The van der Waals surface area contributed by atoms with Crippen molar-refractivity contribution in [2.45, 2.75) is 78.4 Å². The van der Waals surface area contributed by atoms with Crippen LogP contribution in [0.15, 0.2) is 0 Å². The molecule has 0 atom stereocenters. The van der Waals surface area contributed by atoms with Gasteiger partial charge in [-0.1, -0.05) is 19.3 Å². The highest BCUT2D eigenvalue weighted by Crippen LogP contribution is 2.24. The van der Waals surface area contributed by atoms with Crippen LogP contribution in [0.25, 0.3) is 11.5 Å². The lowest BCUT2D eigenvalue weighted by Crippen LogP contribution is -2.18. The molecule has 6 nitrogen and oxygen atoms in total. The lowest BCUT2D eigenvalue weighted by molar-refractivity contribution is 0.0296. The van der Waals surface area contributed by atoms with Gasteiger partial charge in [-0.2, -0.15) is 10.2 Å². The number of nitrogens with one attached hydrogen (secondary N) is 1. The maximum absolute atomic E-state index is 6.02. The summed E-state index contributed by atoms with van der Waals surface area (Å²) in [6, 6.07) is 0.247. The number of ether oxygens (including phenoxy) is 1. The summed E-state index contributed by atoms with van der Waals surface area (Å²) in [6.07, 6.45) is 7.54. The second-order valence-electron chi connectivity index (χ2n) is 7.09. The summed E-state index contributed by atoms with van der Waals surface area (Å²) >= 11 is 0. The lowest BCUT2D eigenvalue weighted by atomic mass is 9.98. The van der Waals surface area contributed by atoms with Crippen molar-refractivity contribution in [3.05, 3.63) is 17.1 Å². The number of aryl methyl sites for hydroxylation is 1. The highest BCUT2D eigenvalue weighted by atomic mass is 16.5. The molecule has 24 heavy (non-hydrogen) atoms. The first-order valence-electron chi connectivity index (χ1n) is 9.15. The van der Waals surface area contributed by atoms with E-state index in [1.807, 2.05) is 11.6 Å². The minimum atomic E-state index is 0.247. The van der Waals surface area contributed by atoms with Crippen LogP contribution in [0.2, 0.25) is 0 Å². The van der Waals surface area contributed by atoms with Gasteiger partial charge in [-0.15, -0.1) is 0 Å². The monoisotopic (exact) mass is 331 g/mol. The molecule has 6 heteroatoms. The third-order valence-corrected chi connectivity index (χ3v) is 4.86. The maximum atomic E-state index is 6.02. The van der Waals surface area contributed by atoms with Crippen molar-refractivity contribution in [3.63, 3.8) is 0 Å². The van der Waals surface area contributed by atoms with Crippen LogP contribution in [0.3, 0.4) is 0 Å². The van der Waals surface area contributed by atoms with Gasteiger partial charge in [-0.25, -0.2) is 9.67 Å². The van der Waals surface area contributed by atoms with E-state index in [1.54, 1.807) is 0 Å². The van der Waals surface area contributed by atoms with Crippen molar-refractivity contribution in [2.75, 3.05) is 6.61 Å². The van der Waals surface area contributed by atoms with Gasteiger partial charge in [0.2, 0.25) is 0 Å². The van der Waals surface area contributed by atoms with Gasteiger partial charge in [0, 0.05) is 23.7 Å². The maximum Gasteiger partial charge on any atom is 0.179 e. The molecule has 1 aliphatic carbocycles. The molecule has 2 aromatic rings. The number of hydrogen-bond donors (Lipinski definition) is 1. The zero-order valence-corrected chi connectivity index (χ0v) is 15.3. The van der Waals surface area contributed by atoms with E-state index in [0.29, 0.717) is 12.7 Å². The van der Waals surface area contributed by atoms with E-state index >= 15 is 0 Å². The normalized spacial score (nSPS) is 16.2. The van der Waals surface area contributed by atoms with E-state index in [2.05, 4.69) is 31.0 Å². The SMILES string of the molecule is Cc1[nH]nc(-c2nc(CCOC3CCCCC3)nn2C(C)C)c1C. The van der Waals surface area contributed by atoms with E-state index in [0.717, 1.165) is 35.0 Å². The summed E-state index contributed by atoms with van der Waals surface area (Å²) in [5, 5.41) is 12.1. The Kier molecular flexibility index (Phi) is 5.33. The van der Waals surface area contributed by atoms with Gasteiger partial charge in [0.1, 0.15) is 5.69 Å². The first-order valence-corrected chi connectivity index (χ1v) is 9.15. The van der Waals surface area contributed by atoms with Crippen LogP contribution in [0.4, 0.5) is 0 Å². The highest BCUT2D eigenvalue weighted by Gasteiger charge is 2.20. The average molecular weight is 331 g/mol. The van der Waals surface area contributed by atoms with Crippen molar-refractivity contribution < 1.29 is 4.74 Å². The quantitative estimate of drug-likeness (QED) is 0.875. The Bertz CT molecular complexity index is 667. The molecule has 0 saturated heterocycles. The molecule has 1 saturated carbocycles.